The van der Waals surface area contributed by atoms with Gasteiger partial charge >= 0.3 is 0 Å². The van der Waals surface area contributed by atoms with Crippen molar-refractivity contribution in [3.63, 3.8) is 0 Å². The van der Waals surface area contributed by atoms with Gasteiger partial charge < -0.3 is 25.0 Å². The Morgan fingerprint density at radius 3 is 2.09 bits per heavy atom. The molecule has 1 aromatic heterocycles. The Labute approximate surface area is 312 Å². The second-order valence-corrected chi connectivity index (χ2v) is 15.0. The highest BCUT2D eigenvalue weighted by Gasteiger charge is 2.66. The Bertz CT molecular complexity index is 2330. The number of H-pyrrole nitrogens is 1. The zero-order chi connectivity index (χ0) is 37.3. The summed E-state index contributed by atoms with van der Waals surface area (Å²) in [4.78, 5) is 78.5. The average molecular weight is 721 g/mol. The van der Waals surface area contributed by atoms with Gasteiger partial charge in [-0.25, -0.2) is 0 Å². The number of fused-ring (bicyclic) bond motifs is 6. The number of para-hydroxylation sites is 1. The summed E-state index contributed by atoms with van der Waals surface area (Å²) in [5.74, 6) is -0.662. The fraction of sp³-hybridized carbons (Fsp3) is 0.279. The minimum absolute atomic E-state index is 0.146. The minimum atomic E-state index is -0.890. The number of rotatable bonds is 8. The molecule has 5 heterocycles. The first kappa shape index (κ1) is 33.6. The van der Waals surface area contributed by atoms with E-state index in [9.17, 15) is 24.0 Å². The number of carbonyl (C=O) groups excluding carboxylic acids is 5. The van der Waals surface area contributed by atoms with Crippen molar-refractivity contribution < 1.29 is 24.0 Å². The lowest BCUT2D eigenvalue weighted by Crippen LogP contribution is -2.66. The van der Waals surface area contributed by atoms with Gasteiger partial charge in [0.25, 0.3) is 0 Å². The van der Waals surface area contributed by atoms with Gasteiger partial charge in [0.2, 0.25) is 30.0 Å². The normalized spacial score (nSPS) is 26.2. The van der Waals surface area contributed by atoms with Crippen LogP contribution in [-0.4, -0.2) is 94.2 Å². The van der Waals surface area contributed by atoms with Gasteiger partial charge in [0, 0.05) is 56.1 Å². The molecule has 0 unspecified atom stereocenters. The van der Waals surface area contributed by atoms with E-state index < -0.39 is 35.7 Å². The molecule has 0 radical (unpaired) electrons. The van der Waals surface area contributed by atoms with Crippen molar-refractivity contribution in [1.29, 1.82) is 0 Å². The van der Waals surface area contributed by atoms with Crippen molar-refractivity contribution in [2.45, 2.75) is 61.4 Å². The lowest BCUT2D eigenvalue weighted by Gasteiger charge is -2.44. The maximum atomic E-state index is 14.6. The van der Waals surface area contributed by atoms with Crippen molar-refractivity contribution in [1.82, 2.24) is 25.0 Å². The molecule has 9 rings (SSSR count). The van der Waals surface area contributed by atoms with E-state index in [1.165, 1.54) is 0 Å². The van der Waals surface area contributed by atoms with Crippen LogP contribution >= 0.6 is 0 Å². The maximum Gasteiger partial charge on any atom is 0.248 e. The molecule has 4 aromatic carbocycles. The number of amides is 5. The second kappa shape index (κ2) is 12.7. The summed E-state index contributed by atoms with van der Waals surface area (Å²) in [7, 11) is 3.39. The van der Waals surface area contributed by atoms with Crippen molar-refractivity contribution in [2.24, 2.45) is 0 Å². The number of nitrogens with one attached hydrogen (secondary N) is 2. The number of hydrogen-bond acceptors (Lipinski definition) is 5. The number of aromatic amines is 1. The third-order valence-corrected chi connectivity index (χ3v) is 12.2. The van der Waals surface area contributed by atoms with Crippen LogP contribution in [0.4, 0.5) is 5.69 Å². The number of benzene rings is 4. The van der Waals surface area contributed by atoms with Crippen LogP contribution in [0.25, 0.3) is 10.9 Å². The number of nitrogens with zero attached hydrogens (tertiary/aromatic N) is 4. The van der Waals surface area contributed by atoms with Gasteiger partial charge in [-0.05, 0) is 46.4 Å². The quantitative estimate of drug-likeness (QED) is 0.238. The lowest BCUT2D eigenvalue weighted by atomic mass is 9.72. The molecule has 3 saturated heterocycles. The molecule has 4 aliphatic heterocycles. The highest BCUT2D eigenvalue weighted by Crippen LogP contribution is 2.58. The standard InChI is InChI=1S/C43H40N6O5/c1-46-35(19-26-11-5-3-6-12-26)38(51)45-33(39(46)52)21-28-24-44-32-22-29(17-18-30(28)32)43-23-37-40(53)47(2)36(20-27-13-7-4-8-14-27)41(54)49(37)42(43)48(25-50)34-16-10-9-15-31(34)43/h3-18,22,24-25,33,35-37,42,44H,19-21,23H2,1-2H3,(H,45,51)/t33-,35+,36+,37-,42-,43+/m0/s1. The van der Waals surface area contributed by atoms with Crippen molar-refractivity contribution in [3.8, 4) is 0 Å². The molecule has 6 atom stereocenters. The van der Waals surface area contributed by atoms with Gasteiger partial charge in [-0.3, -0.25) is 28.9 Å². The van der Waals surface area contributed by atoms with Crippen LogP contribution in [0, 0.1) is 0 Å². The summed E-state index contributed by atoms with van der Waals surface area (Å²) in [6.45, 7) is 0. The second-order valence-electron chi connectivity index (χ2n) is 15.0. The summed E-state index contributed by atoms with van der Waals surface area (Å²) in [6, 6.07) is 30.3. The SMILES string of the molecule is CN1C(=O)[C@H](Cc2c[nH]c3cc([C@@]45C[C@H]6C(=O)N(C)[C@H](Cc7ccccc7)C(=O)N6[C@@H]4N(C=O)c4ccccc45)ccc23)NC(=O)[C@H]1Cc1ccccc1. The Kier molecular flexibility index (Phi) is 7.91. The van der Waals surface area contributed by atoms with Gasteiger partial charge in [0.15, 0.2) is 0 Å². The molecule has 2 N–H and O–H groups in total. The van der Waals surface area contributed by atoms with Crippen LogP contribution in [-0.2, 0) is 48.7 Å². The van der Waals surface area contributed by atoms with Crippen molar-refractivity contribution >= 4 is 46.6 Å². The number of aromatic nitrogens is 1. The fourth-order valence-corrected chi connectivity index (χ4v) is 9.51. The molecule has 4 aliphatic rings. The molecular formula is C43H40N6O5. The van der Waals surface area contributed by atoms with Crippen LogP contribution in [0.5, 0.6) is 0 Å². The predicted molar refractivity (Wildman–Crippen MR) is 202 cm³/mol. The van der Waals surface area contributed by atoms with Crippen LogP contribution in [0.2, 0.25) is 0 Å². The summed E-state index contributed by atoms with van der Waals surface area (Å²) in [5, 5.41) is 3.88. The molecule has 272 valence electrons. The van der Waals surface area contributed by atoms with Crippen LogP contribution in [0.3, 0.4) is 0 Å². The summed E-state index contributed by atoms with van der Waals surface area (Å²) >= 11 is 0. The topological polar surface area (TPSA) is 126 Å². The molecule has 11 nitrogen and oxygen atoms in total. The van der Waals surface area contributed by atoms with Gasteiger partial charge in [-0.2, -0.15) is 0 Å². The molecule has 3 fully saturated rings. The summed E-state index contributed by atoms with van der Waals surface area (Å²) in [6.07, 6.45) is 3.31. The third kappa shape index (κ3) is 4.98. The number of carbonyl (C=O) groups is 5. The summed E-state index contributed by atoms with van der Waals surface area (Å²) in [5.41, 5.74) is 5.19. The molecule has 0 aliphatic carbocycles. The van der Waals surface area contributed by atoms with Gasteiger partial charge in [0.1, 0.15) is 30.3 Å². The molecule has 0 bridgehead atoms. The van der Waals surface area contributed by atoms with Gasteiger partial charge in [-0.15, -0.1) is 0 Å². The largest absolute Gasteiger partial charge is 0.361 e. The molecule has 11 heteroatoms. The van der Waals surface area contributed by atoms with E-state index in [2.05, 4.69) is 10.3 Å². The Morgan fingerprint density at radius 2 is 1.39 bits per heavy atom. The number of hydrogen-bond donors (Lipinski definition) is 2. The van der Waals surface area contributed by atoms with E-state index in [4.69, 9.17) is 0 Å². The highest BCUT2D eigenvalue weighted by atomic mass is 16.2. The molecule has 0 saturated carbocycles. The van der Waals surface area contributed by atoms with E-state index in [1.807, 2.05) is 109 Å². The number of anilines is 1. The van der Waals surface area contributed by atoms with Gasteiger partial charge in [-0.1, -0.05) is 91.0 Å². The van der Waals surface area contributed by atoms with E-state index in [1.54, 1.807) is 33.7 Å². The minimum Gasteiger partial charge on any atom is -0.361 e. The first-order chi connectivity index (χ1) is 26.2. The zero-order valence-corrected chi connectivity index (χ0v) is 30.0. The Balaban J connectivity index is 1.05. The van der Waals surface area contributed by atoms with Crippen LogP contribution in [0.1, 0.15) is 34.2 Å². The van der Waals surface area contributed by atoms with Gasteiger partial charge in [0.05, 0.1) is 5.41 Å². The predicted octanol–water partition coefficient (Wildman–Crippen LogP) is 3.55. The smallest absolute Gasteiger partial charge is 0.248 e. The first-order valence-corrected chi connectivity index (χ1v) is 18.4. The summed E-state index contributed by atoms with van der Waals surface area (Å²) < 4.78 is 0. The highest BCUT2D eigenvalue weighted by molar-refractivity contribution is 6.01. The van der Waals surface area contributed by atoms with E-state index >= 15 is 0 Å². The monoisotopic (exact) mass is 720 g/mol. The van der Waals surface area contributed by atoms with Crippen LogP contribution in [0.15, 0.2) is 109 Å². The average Bonchev–Trinajstić information content (AvgIpc) is 3.85. The number of piperazine rings is 2. The molecule has 0 spiro atoms. The van der Waals surface area contributed by atoms with E-state index in [-0.39, 0.29) is 23.6 Å². The van der Waals surface area contributed by atoms with Crippen LogP contribution < -0.4 is 10.2 Å². The molecule has 5 aromatic rings. The van der Waals surface area contributed by atoms with E-state index in [0.29, 0.717) is 31.4 Å². The zero-order valence-electron chi connectivity index (χ0n) is 30.0. The van der Waals surface area contributed by atoms with Crippen molar-refractivity contribution in [2.75, 3.05) is 19.0 Å². The first-order valence-electron chi connectivity index (χ1n) is 18.4. The maximum absolute atomic E-state index is 14.6. The third-order valence-electron chi connectivity index (χ3n) is 12.2. The van der Waals surface area contributed by atoms with E-state index in [0.717, 1.165) is 45.1 Å². The molecule has 5 amide bonds. The van der Waals surface area contributed by atoms with Crippen molar-refractivity contribution in [3.05, 3.63) is 137 Å². The Hall–Kier alpha value is -6.23. The fourth-order valence-electron chi connectivity index (χ4n) is 9.51. The molecule has 54 heavy (non-hydrogen) atoms. The molecular weight excluding hydrogens is 681 g/mol. The number of likely N-dealkylation sites (N-methyl/N-ethyl adjacent to an activating group) is 2. The lowest BCUT2D eigenvalue weighted by molar-refractivity contribution is -0.159. The Morgan fingerprint density at radius 1 is 0.741 bits per heavy atom.